The number of sulfonamides is 1. The minimum Gasteiger partial charge on any atom is -0.497 e. The number of benzene rings is 1. The molecule has 0 saturated carbocycles. The van der Waals surface area contributed by atoms with Gasteiger partial charge in [-0.2, -0.15) is 0 Å². The lowest BCUT2D eigenvalue weighted by Gasteiger charge is -2.32. The Hall–Kier alpha value is -1.60. The lowest BCUT2D eigenvalue weighted by atomic mass is 9.87. The Morgan fingerprint density at radius 3 is 2.80 bits per heavy atom. The van der Waals surface area contributed by atoms with E-state index in [1.54, 1.807) is 7.11 Å². The van der Waals surface area contributed by atoms with Gasteiger partial charge in [0.1, 0.15) is 5.75 Å². The van der Waals surface area contributed by atoms with Crippen molar-refractivity contribution >= 4 is 15.9 Å². The highest BCUT2D eigenvalue weighted by Crippen LogP contribution is 2.32. The van der Waals surface area contributed by atoms with Gasteiger partial charge in [-0.25, -0.2) is 12.7 Å². The van der Waals surface area contributed by atoms with Gasteiger partial charge in [-0.15, -0.1) is 0 Å². The largest absolute Gasteiger partial charge is 0.497 e. The molecule has 1 fully saturated rings. The third kappa shape index (κ3) is 4.15. The van der Waals surface area contributed by atoms with Crippen LogP contribution in [0, 0.1) is 5.92 Å². The van der Waals surface area contributed by atoms with E-state index in [9.17, 15) is 13.2 Å². The average Bonchev–Trinajstić information content (AvgIpc) is 2.61. The highest BCUT2D eigenvalue weighted by Gasteiger charge is 2.32. The average molecular weight is 366 g/mol. The van der Waals surface area contributed by atoms with E-state index in [0.717, 1.165) is 43.4 Å². The molecule has 2 aliphatic rings. The number of fused-ring (bicyclic) bond motifs is 1. The molecule has 6 nitrogen and oxygen atoms in total. The van der Waals surface area contributed by atoms with Crippen LogP contribution in [-0.2, 0) is 21.2 Å². The molecule has 2 atom stereocenters. The van der Waals surface area contributed by atoms with Crippen LogP contribution in [0.15, 0.2) is 18.2 Å². The second-order valence-corrected chi connectivity index (χ2v) is 8.96. The molecule has 138 valence electrons. The third-order valence-electron chi connectivity index (χ3n) is 5.20. The summed E-state index contributed by atoms with van der Waals surface area (Å²) in [6.07, 6.45) is 5.59. The van der Waals surface area contributed by atoms with Gasteiger partial charge < -0.3 is 10.1 Å². The van der Waals surface area contributed by atoms with Gasteiger partial charge in [-0.05, 0) is 55.4 Å². The van der Waals surface area contributed by atoms with Crippen LogP contribution in [0.2, 0.25) is 0 Å². The third-order valence-corrected chi connectivity index (χ3v) is 6.47. The number of aryl methyl sites for hydroxylation is 1. The fourth-order valence-corrected chi connectivity index (χ4v) is 4.73. The Kier molecular flexibility index (Phi) is 5.34. The van der Waals surface area contributed by atoms with Crippen molar-refractivity contribution in [2.75, 3.05) is 26.5 Å². The van der Waals surface area contributed by atoms with E-state index in [0.29, 0.717) is 6.54 Å². The molecule has 2 unspecified atom stereocenters. The van der Waals surface area contributed by atoms with Crippen LogP contribution in [0.3, 0.4) is 0 Å². The minimum atomic E-state index is -3.24. The van der Waals surface area contributed by atoms with Crippen LogP contribution in [0.5, 0.6) is 5.75 Å². The van der Waals surface area contributed by atoms with Crippen LogP contribution in [-0.4, -0.2) is 45.1 Å². The highest BCUT2D eigenvalue weighted by molar-refractivity contribution is 7.88. The van der Waals surface area contributed by atoms with Gasteiger partial charge in [0.25, 0.3) is 0 Å². The highest BCUT2D eigenvalue weighted by atomic mass is 32.2. The zero-order chi connectivity index (χ0) is 18.0. The maximum atomic E-state index is 12.7. The molecule has 25 heavy (non-hydrogen) atoms. The van der Waals surface area contributed by atoms with Crippen LogP contribution in [0.25, 0.3) is 0 Å². The summed E-state index contributed by atoms with van der Waals surface area (Å²) in [6.45, 7) is 0.793. The Balaban J connectivity index is 1.70. The van der Waals surface area contributed by atoms with Crippen molar-refractivity contribution in [1.82, 2.24) is 9.62 Å². The number of piperidine rings is 1. The number of carbonyl (C=O) groups is 1. The summed E-state index contributed by atoms with van der Waals surface area (Å²) in [5.41, 5.74) is 2.37. The van der Waals surface area contributed by atoms with Crippen molar-refractivity contribution < 1.29 is 17.9 Å². The topological polar surface area (TPSA) is 75.7 Å². The lowest BCUT2D eigenvalue weighted by Crippen LogP contribution is -2.46. The van der Waals surface area contributed by atoms with Gasteiger partial charge >= 0.3 is 0 Å². The predicted molar refractivity (Wildman–Crippen MR) is 96.0 cm³/mol. The first-order valence-corrected chi connectivity index (χ1v) is 10.7. The second kappa shape index (κ2) is 7.33. The molecular formula is C18H26N2O4S. The molecule has 1 N–H and O–H groups in total. The summed E-state index contributed by atoms with van der Waals surface area (Å²) >= 11 is 0. The molecule has 0 radical (unpaired) electrons. The van der Waals surface area contributed by atoms with Crippen molar-refractivity contribution in [2.45, 2.75) is 38.1 Å². The number of amides is 1. The van der Waals surface area contributed by atoms with E-state index in [4.69, 9.17) is 4.74 Å². The number of nitrogens with one attached hydrogen (secondary N) is 1. The van der Waals surface area contributed by atoms with Gasteiger partial charge in [-0.1, -0.05) is 6.07 Å². The molecule has 1 aromatic carbocycles. The normalized spacial score (nSPS) is 24.4. The number of hydrogen-bond acceptors (Lipinski definition) is 4. The number of hydrogen-bond donors (Lipinski definition) is 1. The van der Waals surface area contributed by atoms with E-state index >= 15 is 0 Å². The number of rotatable bonds is 4. The zero-order valence-electron chi connectivity index (χ0n) is 14.8. The molecule has 0 aromatic heterocycles. The van der Waals surface area contributed by atoms with E-state index in [-0.39, 0.29) is 24.4 Å². The second-order valence-electron chi connectivity index (χ2n) is 6.98. The van der Waals surface area contributed by atoms with E-state index in [1.165, 1.54) is 16.1 Å². The molecule has 1 saturated heterocycles. The van der Waals surface area contributed by atoms with Gasteiger partial charge in [0.15, 0.2) is 0 Å². The van der Waals surface area contributed by atoms with Crippen molar-refractivity contribution in [3.63, 3.8) is 0 Å². The molecule has 3 rings (SSSR count). The fourth-order valence-electron chi connectivity index (χ4n) is 3.81. The molecule has 1 amide bonds. The predicted octanol–water partition coefficient (Wildman–Crippen LogP) is 1.86. The maximum absolute atomic E-state index is 12.7. The quantitative estimate of drug-likeness (QED) is 0.882. The smallest absolute Gasteiger partial charge is 0.224 e. The van der Waals surface area contributed by atoms with Crippen molar-refractivity contribution in [1.29, 1.82) is 0 Å². The minimum absolute atomic E-state index is 0.00392. The van der Waals surface area contributed by atoms with E-state index in [2.05, 4.69) is 5.32 Å². The monoisotopic (exact) mass is 366 g/mol. The van der Waals surface area contributed by atoms with Crippen molar-refractivity contribution in [3.05, 3.63) is 29.3 Å². The molecule has 1 aliphatic heterocycles. The summed E-state index contributed by atoms with van der Waals surface area (Å²) in [5.74, 6) is 0.524. The summed E-state index contributed by atoms with van der Waals surface area (Å²) in [6, 6.07) is 5.99. The number of carbonyl (C=O) groups excluding carboxylic acids is 1. The molecule has 0 spiro atoms. The summed E-state index contributed by atoms with van der Waals surface area (Å²) in [4.78, 5) is 12.7. The number of ether oxygens (including phenoxy) is 1. The lowest BCUT2D eigenvalue weighted by molar-refractivity contribution is -0.127. The van der Waals surface area contributed by atoms with Crippen LogP contribution >= 0.6 is 0 Å². The Bertz CT molecular complexity index is 747. The first-order valence-electron chi connectivity index (χ1n) is 8.81. The standard InChI is InChI=1S/C18H26N2O4S/c1-24-15-8-9-16-13(11-15)5-3-7-17(16)19-18(21)14-6-4-10-20(12-14)25(2,22)23/h8-9,11,14,17H,3-7,10,12H2,1-2H3,(H,19,21). The van der Waals surface area contributed by atoms with Gasteiger partial charge in [0.2, 0.25) is 15.9 Å². The molecule has 1 aromatic rings. The van der Waals surface area contributed by atoms with Crippen LogP contribution in [0.4, 0.5) is 0 Å². The summed E-state index contributed by atoms with van der Waals surface area (Å²) < 4.78 is 30.2. The summed E-state index contributed by atoms with van der Waals surface area (Å²) in [5, 5.41) is 3.15. The zero-order valence-corrected chi connectivity index (χ0v) is 15.6. The first-order chi connectivity index (χ1) is 11.9. The van der Waals surface area contributed by atoms with Gasteiger partial charge in [-0.3, -0.25) is 4.79 Å². The number of methoxy groups -OCH3 is 1. The Morgan fingerprint density at radius 2 is 2.08 bits per heavy atom. The van der Waals surface area contributed by atoms with Crippen LogP contribution < -0.4 is 10.1 Å². The maximum Gasteiger partial charge on any atom is 0.224 e. The Morgan fingerprint density at radius 1 is 1.28 bits per heavy atom. The molecule has 1 aliphatic carbocycles. The van der Waals surface area contributed by atoms with Crippen molar-refractivity contribution in [3.8, 4) is 5.75 Å². The fraction of sp³-hybridized carbons (Fsp3) is 0.611. The number of nitrogens with zero attached hydrogens (tertiary/aromatic N) is 1. The van der Waals surface area contributed by atoms with Gasteiger partial charge in [0.05, 0.1) is 25.3 Å². The van der Waals surface area contributed by atoms with Gasteiger partial charge in [0, 0.05) is 13.1 Å². The SMILES string of the molecule is COc1ccc2c(c1)CCCC2NC(=O)C1CCCN(S(C)(=O)=O)C1. The molecule has 1 heterocycles. The molecule has 7 heteroatoms. The van der Waals surface area contributed by atoms with Crippen LogP contribution in [0.1, 0.15) is 42.9 Å². The molecule has 0 bridgehead atoms. The van der Waals surface area contributed by atoms with E-state index in [1.807, 2.05) is 18.2 Å². The van der Waals surface area contributed by atoms with Crippen molar-refractivity contribution in [2.24, 2.45) is 5.92 Å². The summed E-state index contributed by atoms with van der Waals surface area (Å²) in [7, 11) is -1.59. The van der Waals surface area contributed by atoms with E-state index < -0.39 is 10.0 Å². The molecular weight excluding hydrogens is 340 g/mol. The Labute approximate surface area is 149 Å². The first kappa shape index (κ1) is 18.2.